The van der Waals surface area contributed by atoms with Crippen molar-refractivity contribution in [3.63, 3.8) is 0 Å². The molecule has 1 atom stereocenters. The van der Waals surface area contributed by atoms with Crippen LogP contribution in [0.2, 0.25) is 0 Å². The van der Waals surface area contributed by atoms with Gasteiger partial charge in [-0.2, -0.15) is 0 Å². The van der Waals surface area contributed by atoms with E-state index in [4.69, 9.17) is 17.0 Å². The summed E-state index contributed by atoms with van der Waals surface area (Å²) >= 11 is 5.33. The molecule has 0 radical (unpaired) electrons. The van der Waals surface area contributed by atoms with Gasteiger partial charge in [-0.05, 0) is 68.0 Å². The lowest BCUT2D eigenvalue weighted by molar-refractivity contribution is -0.113. The SMILES string of the molecule is CCOc1ccc(NC(=O)C2=C(C)NC(=S)NC2c2ccc(N(C)C)cc2)cc1. The summed E-state index contributed by atoms with van der Waals surface area (Å²) in [7, 11) is 3.99. The number of nitrogens with zero attached hydrogens (tertiary/aromatic N) is 1. The molecule has 1 aliphatic heterocycles. The van der Waals surface area contributed by atoms with Crippen LogP contribution < -0.4 is 25.6 Å². The van der Waals surface area contributed by atoms with Crippen molar-refractivity contribution >= 4 is 34.6 Å². The number of carbonyl (C=O) groups excluding carboxylic acids is 1. The fourth-order valence-electron chi connectivity index (χ4n) is 3.21. The Morgan fingerprint density at radius 3 is 2.38 bits per heavy atom. The largest absolute Gasteiger partial charge is 0.494 e. The Hall–Kier alpha value is -3.06. The third-order valence-electron chi connectivity index (χ3n) is 4.68. The predicted octanol–water partition coefficient (Wildman–Crippen LogP) is 3.58. The van der Waals surface area contributed by atoms with Gasteiger partial charge in [0, 0.05) is 31.2 Å². The van der Waals surface area contributed by atoms with Crippen molar-refractivity contribution in [1.29, 1.82) is 0 Å². The molecule has 3 N–H and O–H groups in total. The number of allylic oxidation sites excluding steroid dienone is 1. The van der Waals surface area contributed by atoms with Gasteiger partial charge in [0.05, 0.1) is 18.2 Å². The van der Waals surface area contributed by atoms with E-state index in [1.807, 2.05) is 81.4 Å². The average molecular weight is 411 g/mol. The van der Waals surface area contributed by atoms with Gasteiger partial charge in [0.2, 0.25) is 0 Å². The van der Waals surface area contributed by atoms with Crippen LogP contribution in [-0.2, 0) is 4.79 Å². The van der Waals surface area contributed by atoms with Crippen molar-refractivity contribution in [2.75, 3.05) is 30.9 Å². The van der Waals surface area contributed by atoms with Crippen LogP contribution in [0.5, 0.6) is 5.75 Å². The molecular formula is C22H26N4O2S. The lowest BCUT2D eigenvalue weighted by Gasteiger charge is -2.30. The van der Waals surface area contributed by atoms with Gasteiger partial charge >= 0.3 is 0 Å². The van der Waals surface area contributed by atoms with E-state index in [1.165, 1.54) is 0 Å². The van der Waals surface area contributed by atoms with Crippen molar-refractivity contribution in [3.05, 3.63) is 65.4 Å². The summed E-state index contributed by atoms with van der Waals surface area (Å²) in [5.41, 5.74) is 4.10. The molecule has 0 fully saturated rings. The van der Waals surface area contributed by atoms with Gasteiger partial charge in [-0.1, -0.05) is 12.1 Å². The van der Waals surface area contributed by atoms with Gasteiger partial charge in [-0.3, -0.25) is 4.79 Å². The summed E-state index contributed by atoms with van der Waals surface area (Å²) in [6.45, 7) is 4.40. The first-order valence-electron chi connectivity index (χ1n) is 9.48. The summed E-state index contributed by atoms with van der Waals surface area (Å²) in [4.78, 5) is 15.2. The smallest absolute Gasteiger partial charge is 0.255 e. The Bertz CT molecular complexity index is 921. The highest BCUT2D eigenvalue weighted by Gasteiger charge is 2.30. The number of hydrogen-bond acceptors (Lipinski definition) is 4. The summed E-state index contributed by atoms with van der Waals surface area (Å²) in [6.07, 6.45) is 0. The van der Waals surface area contributed by atoms with Gasteiger partial charge in [-0.25, -0.2) is 0 Å². The summed E-state index contributed by atoms with van der Waals surface area (Å²) in [5.74, 6) is 0.585. The maximum Gasteiger partial charge on any atom is 0.255 e. The maximum atomic E-state index is 13.1. The topological polar surface area (TPSA) is 65.6 Å². The van der Waals surface area contributed by atoms with Crippen molar-refractivity contribution in [2.24, 2.45) is 0 Å². The summed E-state index contributed by atoms with van der Waals surface area (Å²) in [5, 5.41) is 9.76. The van der Waals surface area contributed by atoms with E-state index in [2.05, 4.69) is 16.0 Å². The lowest BCUT2D eigenvalue weighted by Crippen LogP contribution is -2.45. The molecule has 29 heavy (non-hydrogen) atoms. The number of amides is 1. The minimum absolute atomic E-state index is 0.184. The van der Waals surface area contributed by atoms with Crippen LogP contribution in [0.3, 0.4) is 0 Å². The zero-order chi connectivity index (χ0) is 21.0. The van der Waals surface area contributed by atoms with Crippen LogP contribution in [-0.4, -0.2) is 31.7 Å². The lowest BCUT2D eigenvalue weighted by atomic mass is 9.94. The number of thiocarbonyl (C=S) groups is 1. The highest BCUT2D eigenvalue weighted by Crippen LogP contribution is 2.29. The molecule has 0 saturated heterocycles. The zero-order valence-corrected chi connectivity index (χ0v) is 17.9. The Balaban J connectivity index is 1.85. The molecular weight excluding hydrogens is 384 g/mol. The highest BCUT2D eigenvalue weighted by atomic mass is 32.1. The molecule has 1 aliphatic rings. The van der Waals surface area contributed by atoms with Crippen LogP contribution in [0.4, 0.5) is 11.4 Å². The number of nitrogens with one attached hydrogen (secondary N) is 3. The Labute approximate surface area is 176 Å². The van der Waals surface area contributed by atoms with Gasteiger partial charge in [0.1, 0.15) is 5.75 Å². The molecule has 6 nitrogen and oxygen atoms in total. The summed E-state index contributed by atoms with van der Waals surface area (Å²) < 4.78 is 5.45. The van der Waals surface area contributed by atoms with Crippen LogP contribution in [0.15, 0.2) is 59.8 Å². The molecule has 0 saturated carbocycles. The number of anilines is 2. The summed E-state index contributed by atoms with van der Waals surface area (Å²) in [6, 6.07) is 15.1. The van der Waals surface area contributed by atoms with Crippen LogP contribution in [0.25, 0.3) is 0 Å². The minimum Gasteiger partial charge on any atom is -0.494 e. The molecule has 0 spiro atoms. The monoisotopic (exact) mass is 410 g/mol. The van der Waals surface area contributed by atoms with Crippen LogP contribution >= 0.6 is 12.2 Å². The molecule has 1 unspecified atom stereocenters. The third-order valence-corrected chi connectivity index (χ3v) is 4.90. The quantitative estimate of drug-likeness (QED) is 0.633. The van der Waals surface area contributed by atoms with E-state index in [-0.39, 0.29) is 11.9 Å². The van der Waals surface area contributed by atoms with E-state index < -0.39 is 0 Å². The second-order valence-electron chi connectivity index (χ2n) is 6.97. The predicted molar refractivity (Wildman–Crippen MR) is 121 cm³/mol. The van der Waals surface area contributed by atoms with E-state index >= 15 is 0 Å². The Morgan fingerprint density at radius 2 is 1.79 bits per heavy atom. The first-order chi connectivity index (χ1) is 13.9. The minimum atomic E-state index is -0.331. The molecule has 152 valence electrons. The first kappa shape index (κ1) is 20.7. The Morgan fingerprint density at radius 1 is 1.14 bits per heavy atom. The normalized spacial score (nSPS) is 16.0. The molecule has 2 aromatic rings. The molecule has 0 aromatic heterocycles. The van der Waals surface area contributed by atoms with Crippen molar-refractivity contribution < 1.29 is 9.53 Å². The van der Waals surface area contributed by atoms with E-state index in [0.29, 0.717) is 23.0 Å². The number of benzene rings is 2. The molecule has 1 amide bonds. The highest BCUT2D eigenvalue weighted by molar-refractivity contribution is 7.80. The van der Waals surface area contributed by atoms with Crippen LogP contribution in [0.1, 0.15) is 25.5 Å². The second kappa shape index (κ2) is 8.96. The number of hydrogen-bond donors (Lipinski definition) is 3. The van der Waals surface area contributed by atoms with Gasteiger partial charge in [-0.15, -0.1) is 0 Å². The standard InChI is InChI=1S/C22H26N4O2S/c1-5-28-18-12-8-16(9-13-18)24-21(27)19-14(2)23-22(29)25-20(19)15-6-10-17(11-7-15)26(3)4/h6-13,20H,5H2,1-4H3,(H,24,27)(H2,23,25,29). The van der Waals surface area contributed by atoms with Crippen molar-refractivity contribution in [3.8, 4) is 5.75 Å². The number of carbonyl (C=O) groups is 1. The Kier molecular flexibility index (Phi) is 6.39. The van der Waals surface area contributed by atoms with Crippen molar-refractivity contribution in [2.45, 2.75) is 19.9 Å². The van der Waals surface area contributed by atoms with E-state index in [1.54, 1.807) is 0 Å². The van der Waals surface area contributed by atoms with Gasteiger partial charge in [0.25, 0.3) is 5.91 Å². The van der Waals surface area contributed by atoms with Crippen LogP contribution in [0, 0.1) is 0 Å². The molecule has 7 heteroatoms. The van der Waals surface area contributed by atoms with E-state index in [0.717, 1.165) is 22.7 Å². The second-order valence-corrected chi connectivity index (χ2v) is 7.38. The molecule has 3 rings (SSSR count). The fraction of sp³-hybridized carbons (Fsp3) is 0.273. The first-order valence-corrected chi connectivity index (χ1v) is 9.89. The molecule has 1 heterocycles. The van der Waals surface area contributed by atoms with E-state index in [9.17, 15) is 4.79 Å². The molecule has 0 bridgehead atoms. The molecule has 2 aromatic carbocycles. The van der Waals surface area contributed by atoms with Gasteiger partial charge in [0.15, 0.2) is 5.11 Å². The third kappa shape index (κ3) is 4.86. The zero-order valence-electron chi connectivity index (χ0n) is 17.1. The number of rotatable bonds is 6. The van der Waals surface area contributed by atoms with Crippen molar-refractivity contribution in [1.82, 2.24) is 10.6 Å². The maximum absolute atomic E-state index is 13.1. The fourth-order valence-corrected chi connectivity index (χ4v) is 3.48. The molecule has 0 aliphatic carbocycles. The number of ether oxygens (including phenoxy) is 1. The average Bonchev–Trinajstić information content (AvgIpc) is 2.69. The van der Waals surface area contributed by atoms with Gasteiger partial charge < -0.3 is 25.6 Å².